The molecule has 1 aliphatic heterocycles. The number of aromatic nitrogens is 1. The maximum atomic E-state index is 11.5. The van der Waals surface area contributed by atoms with E-state index >= 15 is 0 Å². The summed E-state index contributed by atoms with van der Waals surface area (Å²) in [5, 5.41) is 1.86. The number of fused-ring (bicyclic) bond motifs is 1. The number of ether oxygens (including phenoxy) is 1. The number of benzene rings is 1. The zero-order valence-corrected chi connectivity index (χ0v) is 11.5. The van der Waals surface area contributed by atoms with E-state index in [1.54, 1.807) is 0 Å². The molecule has 0 aliphatic carbocycles. The summed E-state index contributed by atoms with van der Waals surface area (Å²) in [5.41, 5.74) is -0.412. The standard InChI is InChI=1S/C16H21N3O2/c1-19(2)6-5-12-9-17-15-4-3-11(8-14(12)15)7-13-10-21-16(20)18-13/h3-4,8-9,13,17H,5-7,10H2,1-2H3,(H,18,20)/t13-/m0/s1/i5D2,6D2,7D2,9D,10D2,13D. The first-order chi connectivity index (χ1) is 13.9. The van der Waals surface area contributed by atoms with Crippen molar-refractivity contribution in [3.05, 3.63) is 35.5 Å². The summed E-state index contributed by atoms with van der Waals surface area (Å²) in [7, 11) is 2.68. The normalized spacial score (nSPS) is 33.2. The van der Waals surface area contributed by atoms with Crippen LogP contribution in [0.1, 0.15) is 24.8 Å². The fraction of sp³-hybridized carbons (Fsp3) is 0.438. The molecule has 2 N–H and O–H groups in total. The number of nitrogens with one attached hydrogen (secondary N) is 2. The van der Waals surface area contributed by atoms with Gasteiger partial charge < -0.3 is 19.9 Å². The van der Waals surface area contributed by atoms with Crippen LogP contribution in [0.4, 0.5) is 4.79 Å². The second kappa shape index (κ2) is 5.77. The molecule has 1 fully saturated rings. The number of carbonyl (C=O) groups excluding carboxylic acids is 1. The van der Waals surface area contributed by atoms with E-state index in [1.165, 1.54) is 26.2 Å². The summed E-state index contributed by atoms with van der Waals surface area (Å²) in [6.45, 7) is -5.55. The van der Waals surface area contributed by atoms with Crippen molar-refractivity contribution in [2.24, 2.45) is 0 Å². The van der Waals surface area contributed by atoms with Crippen molar-refractivity contribution < 1.29 is 23.2 Å². The number of cyclic esters (lactones) is 1. The molecule has 1 aliphatic rings. The Kier molecular flexibility index (Phi) is 1.76. The molecule has 1 amide bonds. The van der Waals surface area contributed by atoms with Crippen LogP contribution in [-0.4, -0.2) is 49.1 Å². The van der Waals surface area contributed by atoms with Gasteiger partial charge in [-0.25, -0.2) is 4.79 Å². The highest BCUT2D eigenvalue weighted by Crippen LogP contribution is 2.21. The number of carbonyl (C=O) groups is 1. The highest BCUT2D eigenvalue weighted by molar-refractivity contribution is 5.84. The van der Waals surface area contributed by atoms with E-state index in [0.29, 0.717) is 0 Å². The number of H-pyrrole nitrogens is 1. The molecule has 1 aromatic heterocycles. The first kappa shape index (κ1) is 6.40. The van der Waals surface area contributed by atoms with Gasteiger partial charge in [-0.05, 0) is 50.1 Å². The first-order valence-corrected chi connectivity index (χ1v) is 6.22. The lowest BCUT2D eigenvalue weighted by molar-refractivity contribution is 0.177. The number of hydrogen-bond donors (Lipinski definition) is 2. The second-order valence-electron chi connectivity index (χ2n) is 4.63. The highest BCUT2D eigenvalue weighted by atomic mass is 16.6. The number of aryl methyl sites for hydroxylation is 1. The van der Waals surface area contributed by atoms with Crippen molar-refractivity contribution in [2.75, 3.05) is 27.2 Å². The van der Waals surface area contributed by atoms with Crippen LogP contribution in [0.3, 0.4) is 0 Å². The van der Waals surface area contributed by atoms with Crippen LogP contribution >= 0.6 is 0 Å². The number of nitrogens with zero attached hydrogens (tertiary/aromatic N) is 1. The lowest BCUT2D eigenvalue weighted by Crippen LogP contribution is -2.28. The van der Waals surface area contributed by atoms with Crippen LogP contribution in [0.25, 0.3) is 10.9 Å². The number of amides is 1. The van der Waals surface area contributed by atoms with Gasteiger partial charge in [0.15, 0.2) is 0 Å². The van der Waals surface area contributed by atoms with E-state index in [0.717, 1.165) is 11.0 Å². The van der Waals surface area contributed by atoms with Crippen LogP contribution in [0, 0.1) is 0 Å². The lowest BCUT2D eigenvalue weighted by atomic mass is 10.0. The quantitative estimate of drug-likeness (QED) is 0.886. The molecule has 1 aromatic carbocycles. The molecule has 5 heteroatoms. The summed E-state index contributed by atoms with van der Waals surface area (Å²) < 4.78 is 86.4. The van der Waals surface area contributed by atoms with E-state index < -0.39 is 44.1 Å². The smallest absolute Gasteiger partial charge is 0.407 e. The van der Waals surface area contributed by atoms with Gasteiger partial charge in [-0.2, -0.15) is 0 Å². The minimum atomic E-state index is -3.01. The minimum Gasteiger partial charge on any atom is -0.447 e. The van der Waals surface area contributed by atoms with Gasteiger partial charge in [-0.3, -0.25) is 0 Å². The monoisotopic (exact) mass is 297 g/mol. The molecule has 0 unspecified atom stereocenters. The maximum Gasteiger partial charge on any atom is 0.407 e. The van der Waals surface area contributed by atoms with Gasteiger partial charge in [0.1, 0.15) is 6.56 Å². The Balaban J connectivity index is 2.23. The Morgan fingerprint density at radius 2 is 2.48 bits per heavy atom. The molecule has 1 atom stereocenters. The SMILES string of the molecule is [2H]c1[nH]c2ccc(C([2H])([2H])[C@]3([2H])NC(=O)OC3([2H])[2H])cc2c1C([2H])([2H])C([2H])([2H])N(C)C. The molecule has 3 rings (SSSR count). The molecular formula is C16H21N3O2. The first-order valence-electron chi connectivity index (χ1n) is 11.2. The molecule has 2 aromatic rings. The van der Waals surface area contributed by atoms with Crippen molar-refractivity contribution >= 4 is 17.0 Å². The molecule has 1 saturated heterocycles. The highest BCUT2D eigenvalue weighted by Gasteiger charge is 2.22. The van der Waals surface area contributed by atoms with Crippen molar-refractivity contribution in [1.29, 1.82) is 0 Å². The summed E-state index contributed by atoms with van der Waals surface area (Å²) in [5.74, 6) is 0. The van der Waals surface area contributed by atoms with Crippen molar-refractivity contribution in [1.82, 2.24) is 15.2 Å². The molecule has 0 bridgehead atoms. The maximum absolute atomic E-state index is 11.5. The van der Waals surface area contributed by atoms with Gasteiger partial charge >= 0.3 is 6.09 Å². The summed E-state index contributed by atoms with van der Waals surface area (Å²) >= 11 is 0. The molecule has 0 radical (unpaired) electrons. The lowest BCUT2D eigenvalue weighted by Gasteiger charge is -2.09. The van der Waals surface area contributed by atoms with Crippen LogP contribution in [0.5, 0.6) is 0 Å². The largest absolute Gasteiger partial charge is 0.447 e. The van der Waals surface area contributed by atoms with Crippen LogP contribution < -0.4 is 5.32 Å². The van der Waals surface area contributed by atoms with Gasteiger partial charge in [0.25, 0.3) is 0 Å². The second-order valence-corrected chi connectivity index (χ2v) is 4.63. The Labute approximate surface area is 138 Å². The summed E-state index contributed by atoms with van der Waals surface area (Å²) in [4.78, 5) is 15.2. The number of hydrogen-bond acceptors (Lipinski definition) is 3. The van der Waals surface area contributed by atoms with Gasteiger partial charge in [-0.15, -0.1) is 0 Å². The number of alkyl carbamates (subject to hydrolysis) is 1. The van der Waals surface area contributed by atoms with E-state index in [-0.39, 0.29) is 22.0 Å². The molecular weight excluding hydrogens is 266 g/mol. The topological polar surface area (TPSA) is 57.4 Å². The third kappa shape index (κ3) is 3.19. The van der Waals surface area contributed by atoms with Crippen LogP contribution in [0.15, 0.2) is 24.4 Å². The third-order valence-corrected chi connectivity index (χ3v) is 2.76. The molecule has 0 spiro atoms. The molecule has 112 valence electrons. The number of aromatic amines is 1. The van der Waals surface area contributed by atoms with Crippen molar-refractivity contribution in [3.63, 3.8) is 0 Å². The Bertz CT molecular complexity index is 1050. The predicted octanol–water partition coefficient (Wildman–Crippen LogP) is 1.92. The van der Waals surface area contributed by atoms with E-state index in [2.05, 4.69) is 9.72 Å². The average molecular weight is 297 g/mol. The molecule has 5 nitrogen and oxygen atoms in total. The summed E-state index contributed by atoms with van der Waals surface area (Å²) in [6, 6.07) is 0.804. The fourth-order valence-electron chi connectivity index (χ4n) is 1.85. The van der Waals surface area contributed by atoms with Gasteiger partial charge in [0.05, 0.1) is 11.5 Å². The molecule has 21 heavy (non-hydrogen) atoms. The van der Waals surface area contributed by atoms with Crippen LogP contribution in [0.2, 0.25) is 0 Å². The Hall–Kier alpha value is -2.01. The summed E-state index contributed by atoms with van der Waals surface area (Å²) in [6.07, 6.45) is -7.25. The van der Waals surface area contributed by atoms with Gasteiger partial charge in [-0.1, -0.05) is 6.07 Å². The number of rotatable bonds is 5. The molecule has 0 saturated carbocycles. The zero-order valence-electron chi connectivity index (χ0n) is 21.5. The van der Waals surface area contributed by atoms with Gasteiger partial charge in [0, 0.05) is 31.8 Å². The Morgan fingerprint density at radius 3 is 3.19 bits per heavy atom. The zero-order chi connectivity index (χ0) is 23.8. The van der Waals surface area contributed by atoms with E-state index in [1.807, 2.05) is 5.32 Å². The van der Waals surface area contributed by atoms with E-state index in [9.17, 15) is 4.79 Å². The van der Waals surface area contributed by atoms with Crippen molar-refractivity contribution in [2.45, 2.75) is 18.8 Å². The average Bonchev–Trinajstić information content (AvgIpc) is 3.06. The minimum absolute atomic E-state index is 0.00324. The number of likely N-dealkylation sites (N-methyl/N-ethyl adjacent to an activating group) is 1. The van der Waals surface area contributed by atoms with Crippen LogP contribution in [-0.2, 0) is 17.5 Å². The van der Waals surface area contributed by atoms with E-state index in [4.69, 9.17) is 13.7 Å². The third-order valence-electron chi connectivity index (χ3n) is 2.76. The van der Waals surface area contributed by atoms with Gasteiger partial charge in [0.2, 0.25) is 0 Å². The fourth-order valence-corrected chi connectivity index (χ4v) is 1.85. The Morgan fingerprint density at radius 1 is 1.62 bits per heavy atom. The van der Waals surface area contributed by atoms with Crippen molar-refractivity contribution in [3.8, 4) is 0 Å². The predicted molar refractivity (Wildman–Crippen MR) is 82.5 cm³/mol. The molecule has 2 heterocycles.